The van der Waals surface area contributed by atoms with Gasteiger partial charge in [0.1, 0.15) is 5.82 Å². The Labute approximate surface area is 213 Å². The molecule has 3 N–H and O–H groups in total. The number of benzene rings is 1. The SMILES string of the molecule is CC(=O)N1CCC(Nc2cc3c(cn2)C(C)(C)CN(C[C@H](O)[C@@H]2Cc4ccccc4CN2)C3=O)CC1. The average Bonchev–Trinajstić information content (AvgIpc) is 2.87. The number of hydrogen-bond donors (Lipinski definition) is 3. The molecule has 0 saturated carbocycles. The molecule has 0 aliphatic carbocycles. The van der Waals surface area contributed by atoms with Crippen molar-refractivity contribution in [1.29, 1.82) is 0 Å². The molecule has 1 fully saturated rings. The number of aromatic nitrogens is 1. The minimum absolute atomic E-state index is 0.0589. The second-order valence-electron chi connectivity index (χ2n) is 11.1. The summed E-state index contributed by atoms with van der Waals surface area (Å²) in [5, 5.41) is 18.0. The van der Waals surface area contributed by atoms with E-state index in [4.69, 9.17) is 0 Å². The number of aliphatic hydroxyl groups excluding tert-OH is 1. The van der Waals surface area contributed by atoms with Gasteiger partial charge >= 0.3 is 0 Å². The van der Waals surface area contributed by atoms with Gasteiger partial charge in [-0.25, -0.2) is 4.98 Å². The predicted octanol–water partition coefficient (Wildman–Crippen LogP) is 2.31. The summed E-state index contributed by atoms with van der Waals surface area (Å²) in [5.41, 5.74) is 3.85. The van der Waals surface area contributed by atoms with Crippen molar-refractivity contribution in [3.05, 3.63) is 58.8 Å². The standard InChI is InChI=1S/C28H37N5O3/c1-18(34)32-10-8-21(9-11-32)31-26-13-22-23(15-30-26)28(2,3)17-33(27(22)36)16-25(35)24-12-19-6-4-5-7-20(19)14-29-24/h4-7,13,15,21,24-25,29,35H,8-12,14,16-17H2,1-3H3,(H,30,31)/t24-,25-/m0/s1. The molecule has 192 valence electrons. The highest BCUT2D eigenvalue weighted by molar-refractivity contribution is 5.98. The molecular formula is C28H37N5O3. The fourth-order valence-electron chi connectivity index (χ4n) is 5.85. The molecule has 0 bridgehead atoms. The van der Waals surface area contributed by atoms with Crippen LogP contribution in [0.25, 0.3) is 0 Å². The van der Waals surface area contributed by atoms with Crippen LogP contribution in [0.4, 0.5) is 5.82 Å². The topological polar surface area (TPSA) is 97.8 Å². The Bertz CT molecular complexity index is 1140. The van der Waals surface area contributed by atoms with Crippen LogP contribution in [0.3, 0.4) is 0 Å². The summed E-state index contributed by atoms with van der Waals surface area (Å²) in [5.74, 6) is 0.742. The van der Waals surface area contributed by atoms with E-state index in [0.29, 0.717) is 17.9 Å². The van der Waals surface area contributed by atoms with Crippen LogP contribution < -0.4 is 10.6 Å². The maximum absolute atomic E-state index is 13.6. The van der Waals surface area contributed by atoms with Crippen molar-refractivity contribution in [3.63, 3.8) is 0 Å². The van der Waals surface area contributed by atoms with Crippen LogP contribution in [-0.2, 0) is 23.2 Å². The molecule has 36 heavy (non-hydrogen) atoms. The van der Waals surface area contributed by atoms with E-state index in [0.717, 1.165) is 44.5 Å². The highest BCUT2D eigenvalue weighted by Gasteiger charge is 2.39. The second kappa shape index (κ2) is 9.82. The van der Waals surface area contributed by atoms with Crippen LogP contribution >= 0.6 is 0 Å². The normalized spacial score (nSPS) is 22.6. The Hall–Kier alpha value is -2.97. The van der Waals surface area contributed by atoms with Gasteiger partial charge in [0.25, 0.3) is 5.91 Å². The third-order valence-electron chi connectivity index (χ3n) is 8.01. The van der Waals surface area contributed by atoms with Crippen molar-refractivity contribution in [1.82, 2.24) is 20.1 Å². The summed E-state index contributed by atoms with van der Waals surface area (Å²) in [6.07, 6.45) is 3.62. The number of piperidine rings is 1. The first-order valence-corrected chi connectivity index (χ1v) is 13.0. The summed E-state index contributed by atoms with van der Waals surface area (Å²) >= 11 is 0. The van der Waals surface area contributed by atoms with E-state index >= 15 is 0 Å². The monoisotopic (exact) mass is 491 g/mol. The third kappa shape index (κ3) is 4.97. The lowest BCUT2D eigenvalue weighted by atomic mass is 9.78. The zero-order chi connectivity index (χ0) is 25.4. The minimum Gasteiger partial charge on any atom is -0.390 e. The summed E-state index contributed by atoms with van der Waals surface area (Å²) in [4.78, 5) is 33.5. The van der Waals surface area contributed by atoms with Crippen LogP contribution in [0.2, 0.25) is 0 Å². The van der Waals surface area contributed by atoms with E-state index in [1.165, 1.54) is 11.1 Å². The number of hydrogen-bond acceptors (Lipinski definition) is 6. The molecule has 2 amide bonds. The van der Waals surface area contributed by atoms with Crippen LogP contribution in [0, 0.1) is 0 Å². The molecule has 5 rings (SSSR count). The zero-order valence-corrected chi connectivity index (χ0v) is 21.5. The van der Waals surface area contributed by atoms with Gasteiger partial charge in [0.15, 0.2) is 0 Å². The molecule has 3 aliphatic heterocycles. The number of nitrogens with zero attached hydrogens (tertiary/aromatic N) is 3. The van der Waals surface area contributed by atoms with Gasteiger partial charge in [-0.05, 0) is 42.0 Å². The van der Waals surface area contributed by atoms with Crippen molar-refractivity contribution in [3.8, 4) is 0 Å². The summed E-state index contributed by atoms with van der Waals surface area (Å²) in [6, 6.07) is 10.3. The molecule has 8 heteroatoms. The van der Waals surface area contributed by atoms with Gasteiger partial charge in [-0.3, -0.25) is 9.59 Å². The molecule has 4 heterocycles. The smallest absolute Gasteiger partial charge is 0.254 e. The first-order chi connectivity index (χ1) is 17.2. The van der Waals surface area contributed by atoms with E-state index in [-0.39, 0.29) is 35.9 Å². The van der Waals surface area contributed by atoms with Crippen molar-refractivity contribution >= 4 is 17.6 Å². The quantitative estimate of drug-likeness (QED) is 0.594. The molecule has 1 saturated heterocycles. The molecule has 1 aromatic carbocycles. The Balaban J connectivity index is 1.28. The van der Waals surface area contributed by atoms with Gasteiger partial charge < -0.3 is 25.5 Å². The molecule has 8 nitrogen and oxygen atoms in total. The Morgan fingerprint density at radius 2 is 1.97 bits per heavy atom. The first kappa shape index (κ1) is 24.7. The fourth-order valence-corrected chi connectivity index (χ4v) is 5.85. The van der Waals surface area contributed by atoms with Crippen molar-refractivity contribution in [2.24, 2.45) is 0 Å². The highest BCUT2D eigenvalue weighted by atomic mass is 16.3. The summed E-state index contributed by atoms with van der Waals surface area (Å²) in [6.45, 7) is 8.88. The fraction of sp³-hybridized carbons (Fsp3) is 0.536. The molecule has 0 spiro atoms. The Morgan fingerprint density at radius 3 is 2.69 bits per heavy atom. The maximum atomic E-state index is 13.6. The number of aliphatic hydroxyl groups is 1. The average molecular weight is 492 g/mol. The number of likely N-dealkylation sites (tertiary alicyclic amines) is 1. The lowest BCUT2D eigenvalue weighted by Gasteiger charge is -2.41. The largest absolute Gasteiger partial charge is 0.390 e. The van der Waals surface area contributed by atoms with Crippen LogP contribution in [0.1, 0.15) is 60.7 Å². The van der Waals surface area contributed by atoms with E-state index < -0.39 is 6.10 Å². The lowest BCUT2D eigenvalue weighted by molar-refractivity contribution is -0.129. The van der Waals surface area contributed by atoms with Gasteiger partial charge in [0.2, 0.25) is 5.91 Å². The van der Waals surface area contributed by atoms with Crippen LogP contribution in [0.5, 0.6) is 0 Å². The van der Waals surface area contributed by atoms with E-state index in [9.17, 15) is 14.7 Å². The highest BCUT2D eigenvalue weighted by Crippen LogP contribution is 2.34. The van der Waals surface area contributed by atoms with Gasteiger partial charge in [-0.1, -0.05) is 38.1 Å². The maximum Gasteiger partial charge on any atom is 0.254 e. The first-order valence-electron chi connectivity index (χ1n) is 13.0. The molecule has 1 aromatic heterocycles. The molecule has 2 atom stereocenters. The number of anilines is 1. The number of carbonyl (C=O) groups excluding carboxylic acids is 2. The molecule has 0 unspecified atom stereocenters. The third-order valence-corrected chi connectivity index (χ3v) is 8.01. The molecule has 3 aliphatic rings. The molecule has 2 aromatic rings. The Kier molecular flexibility index (Phi) is 6.74. The number of fused-ring (bicyclic) bond motifs is 2. The Morgan fingerprint density at radius 1 is 1.25 bits per heavy atom. The van der Waals surface area contributed by atoms with Gasteiger partial charge in [0, 0.05) is 68.9 Å². The predicted molar refractivity (Wildman–Crippen MR) is 139 cm³/mol. The van der Waals surface area contributed by atoms with Crippen LogP contribution in [-0.4, -0.2) is 76.1 Å². The zero-order valence-electron chi connectivity index (χ0n) is 21.5. The van der Waals surface area contributed by atoms with E-state index in [1.54, 1.807) is 11.8 Å². The van der Waals surface area contributed by atoms with E-state index in [2.05, 4.69) is 41.6 Å². The van der Waals surface area contributed by atoms with Crippen molar-refractivity contribution in [2.75, 3.05) is 31.5 Å². The summed E-state index contributed by atoms with van der Waals surface area (Å²) < 4.78 is 0. The number of rotatable bonds is 5. The van der Waals surface area contributed by atoms with Crippen LogP contribution in [0.15, 0.2) is 36.5 Å². The number of carbonyl (C=O) groups is 2. The van der Waals surface area contributed by atoms with Gasteiger partial charge in [-0.15, -0.1) is 0 Å². The molecular weight excluding hydrogens is 454 g/mol. The van der Waals surface area contributed by atoms with Crippen molar-refractivity contribution in [2.45, 2.75) is 70.2 Å². The number of amides is 2. The van der Waals surface area contributed by atoms with Gasteiger partial charge in [0.05, 0.1) is 6.10 Å². The lowest BCUT2D eigenvalue weighted by Crippen LogP contribution is -2.54. The molecule has 0 radical (unpaired) electrons. The van der Waals surface area contributed by atoms with E-state index in [1.807, 2.05) is 29.3 Å². The van der Waals surface area contributed by atoms with Crippen molar-refractivity contribution < 1.29 is 14.7 Å². The minimum atomic E-state index is -0.662. The number of nitrogens with one attached hydrogen (secondary N) is 2. The van der Waals surface area contributed by atoms with Gasteiger partial charge in [-0.2, -0.15) is 0 Å². The second-order valence-corrected chi connectivity index (χ2v) is 11.1. The number of β-amino-alcohol motifs (C(OH)–C–C–N with tert-alkyl or cyclic N) is 1. The summed E-state index contributed by atoms with van der Waals surface area (Å²) in [7, 11) is 0. The number of pyridine rings is 1.